The molecule has 0 bridgehead atoms. The Bertz CT molecular complexity index is 501. The largest absolute Gasteiger partial charge is 0.381 e. The number of halogens is 1. The maximum absolute atomic E-state index is 13.2. The second-order valence-corrected chi connectivity index (χ2v) is 6.07. The second kappa shape index (κ2) is 5.17. The summed E-state index contributed by atoms with van der Waals surface area (Å²) in [6.07, 6.45) is 4.71. The topological polar surface area (TPSA) is 29.5 Å². The van der Waals surface area contributed by atoms with Gasteiger partial charge in [-0.3, -0.25) is 4.79 Å². The number of carbonyl (C=O) groups is 1. The summed E-state index contributed by atoms with van der Waals surface area (Å²) in [7, 11) is 1.76. The summed E-state index contributed by atoms with van der Waals surface area (Å²) in [6.45, 7) is 1.54. The van der Waals surface area contributed by atoms with E-state index in [4.69, 9.17) is 4.74 Å². The van der Waals surface area contributed by atoms with Gasteiger partial charge in [0.15, 0.2) is 0 Å². The zero-order valence-corrected chi connectivity index (χ0v) is 11.8. The molecule has 3 rings (SSSR count). The van der Waals surface area contributed by atoms with Gasteiger partial charge in [-0.1, -0.05) is 6.07 Å². The average Bonchev–Trinajstić information content (AvgIpc) is 2.44. The van der Waals surface area contributed by atoms with Crippen LogP contribution in [-0.4, -0.2) is 37.1 Å². The zero-order valence-electron chi connectivity index (χ0n) is 11.8. The molecule has 20 heavy (non-hydrogen) atoms. The van der Waals surface area contributed by atoms with E-state index < -0.39 is 0 Å². The lowest BCUT2D eigenvalue weighted by Crippen LogP contribution is -2.50. The van der Waals surface area contributed by atoms with Crippen molar-refractivity contribution < 1.29 is 13.9 Å². The predicted molar refractivity (Wildman–Crippen MR) is 74.0 cm³/mol. The van der Waals surface area contributed by atoms with Crippen molar-refractivity contribution >= 4 is 5.91 Å². The minimum atomic E-state index is -0.355. The highest BCUT2D eigenvalue weighted by atomic mass is 19.1. The number of rotatable bonds is 2. The predicted octanol–water partition coefficient (Wildman–Crippen LogP) is 2.86. The smallest absolute Gasteiger partial charge is 0.253 e. The van der Waals surface area contributed by atoms with Gasteiger partial charge in [0.25, 0.3) is 5.91 Å². The SMILES string of the molecule is COC1CC2(CCN(C(=O)c3cccc(F)c3)CC2)C1. The van der Waals surface area contributed by atoms with Crippen LogP contribution in [0.25, 0.3) is 0 Å². The molecule has 2 aliphatic rings. The van der Waals surface area contributed by atoms with Crippen molar-refractivity contribution in [1.82, 2.24) is 4.90 Å². The Kier molecular flexibility index (Phi) is 3.50. The Balaban J connectivity index is 1.60. The molecule has 4 heteroatoms. The van der Waals surface area contributed by atoms with E-state index in [-0.39, 0.29) is 11.7 Å². The van der Waals surface area contributed by atoms with Gasteiger partial charge >= 0.3 is 0 Å². The summed E-state index contributed by atoms with van der Waals surface area (Å²) in [6, 6.07) is 5.95. The summed E-state index contributed by atoms with van der Waals surface area (Å²) in [5.74, 6) is -0.409. The number of methoxy groups -OCH3 is 1. The Labute approximate surface area is 118 Å². The molecule has 1 aromatic rings. The van der Waals surface area contributed by atoms with Gasteiger partial charge in [0.1, 0.15) is 5.82 Å². The highest BCUT2D eigenvalue weighted by Crippen LogP contribution is 2.50. The minimum Gasteiger partial charge on any atom is -0.381 e. The molecular formula is C16H20FNO2. The van der Waals surface area contributed by atoms with Gasteiger partial charge in [-0.05, 0) is 49.3 Å². The number of piperidine rings is 1. The molecule has 0 unspecified atom stereocenters. The Morgan fingerprint density at radius 2 is 2.05 bits per heavy atom. The molecule has 1 heterocycles. The standard InChI is InChI=1S/C16H20FNO2/c1-20-14-10-16(11-14)5-7-18(8-6-16)15(19)12-3-2-4-13(17)9-12/h2-4,9,14H,5-8,10-11H2,1H3. The van der Waals surface area contributed by atoms with Crippen LogP contribution in [0.3, 0.4) is 0 Å². The van der Waals surface area contributed by atoms with Gasteiger partial charge < -0.3 is 9.64 Å². The summed E-state index contributed by atoms with van der Waals surface area (Å²) < 4.78 is 18.5. The number of hydrogen-bond donors (Lipinski definition) is 0. The van der Waals surface area contributed by atoms with Crippen LogP contribution < -0.4 is 0 Å². The van der Waals surface area contributed by atoms with Crippen LogP contribution in [0.5, 0.6) is 0 Å². The van der Waals surface area contributed by atoms with E-state index in [0.717, 1.165) is 38.8 Å². The Morgan fingerprint density at radius 1 is 1.35 bits per heavy atom. The molecule has 3 nitrogen and oxygen atoms in total. The van der Waals surface area contributed by atoms with Crippen molar-refractivity contribution in [2.24, 2.45) is 5.41 Å². The van der Waals surface area contributed by atoms with Gasteiger partial charge in [0, 0.05) is 25.8 Å². The van der Waals surface area contributed by atoms with E-state index >= 15 is 0 Å². The highest BCUT2D eigenvalue weighted by Gasteiger charge is 2.46. The highest BCUT2D eigenvalue weighted by molar-refractivity contribution is 5.94. The first kappa shape index (κ1) is 13.6. The molecule has 1 aromatic carbocycles. The van der Waals surface area contributed by atoms with Crippen molar-refractivity contribution in [3.8, 4) is 0 Å². The first-order chi connectivity index (χ1) is 9.62. The molecule has 0 N–H and O–H groups in total. The summed E-state index contributed by atoms with van der Waals surface area (Å²) in [5.41, 5.74) is 0.837. The normalized spacial score (nSPS) is 21.8. The number of amides is 1. The molecule has 0 atom stereocenters. The van der Waals surface area contributed by atoms with Gasteiger partial charge in [0.2, 0.25) is 0 Å². The van der Waals surface area contributed by atoms with Crippen LogP contribution in [0.15, 0.2) is 24.3 Å². The number of nitrogens with zero attached hydrogens (tertiary/aromatic N) is 1. The van der Waals surface area contributed by atoms with Crippen LogP contribution in [0.4, 0.5) is 4.39 Å². The Hall–Kier alpha value is -1.42. The molecule has 108 valence electrons. The average molecular weight is 277 g/mol. The van der Waals surface area contributed by atoms with Crippen LogP contribution in [0.1, 0.15) is 36.0 Å². The second-order valence-electron chi connectivity index (χ2n) is 6.07. The molecule has 1 aliphatic heterocycles. The minimum absolute atomic E-state index is 0.0537. The lowest BCUT2D eigenvalue weighted by atomic mass is 9.61. The molecule has 2 fully saturated rings. The first-order valence-electron chi connectivity index (χ1n) is 7.20. The molecular weight excluding hydrogens is 257 g/mol. The third kappa shape index (κ3) is 2.44. The van der Waals surface area contributed by atoms with Gasteiger partial charge in [0.05, 0.1) is 6.10 Å². The molecule has 1 saturated heterocycles. The fourth-order valence-electron chi connectivity index (χ4n) is 3.47. The summed E-state index contributed by atoms with van der Waals surface area (Å²) >= 11 is 0. The van der Waals surface area contributed by atoms with E-state index in [0.29, 0.717) is 17.1 Å². The number of ether oxygens (including phenoxy) is 1. The van der Waals surface area contributed by atoms with E-state index in [1.807, 2.05) is 4.90 Å². The number of benzene rings is 1. The molecule has 1 spiro atoms. The van der Waals surface area contributed by atoms with Gasteiger partial charge in [-0.15, -0.1) is 0 Å². The van der Waals surface area contributed by atoms with Crippen LogP contribution in [0.2, 0.25) is 0 Å². The van der Waals surface area contributed by atoms with Crippen molar-refractivity contribution in [1.29, 1.82) is 0 Å². The fraction of sp³-hybridized carbons (Fsp3) is 0.562. The van der Waals surface area contributed by atoms with Crippen molar-refractivity contribution in [3.05, 3.63) is 35.6 Å². The van der Waals surface area contributed by atoms with E-state index in [9.17, 15) is 9.18 Å². The third-order valence-electron chi connectivity index (χ3n) is 4.84. The monoisotopic (exact) mass is 277 g/mol. The van der Waals surface area contributed by atoms with Crippen LogP contribution in [0, 0.1) is 11.2 Å². The molecule has 1 amide bonds. The Morgan fingerprint density at radius 3 is 2.65 bits per heavy atom. The van der Waals surface area contributed by atoms with Crippen molar-refractivity contribution in [2.75, 3.05) is 20.2 Å². The third-order valence-corrected chi connectivity index (χ3v) is 4.84. The van der Waals surface area contributed by atoms with Crippen molar-refractivity contribution in [2.45, 2.75) is 31.8 Å². The quantitative estimate of drug-likeness (QED) is 0.832. The summed E-state index contributed by atoms with van der Waals surface area (Å²) in [5, 5.41) is 0. The number of hydrogen-bond acceptors (Lipinski definition) is 2. The molecule has 1 saturated carbocycles. The summed E-state index contributed by atoms with van der Waals surface area (Å²) in [4.78, 5) is 14.2. The van der Waals surface area contributed by atoms with E-state index in [1.54, 1.807) is 19.2 Å². The van der Waals surface area contributed by atoms with Crippen LogP contribution in [-0.2, 0) is 4.74 Å². The van der Waals surface area contributed by atoms with Gasteiger partial charge in [-0.25, -0.2) is 4.39 Å². The van der Waals surface area contributed by atoms with Crippen molar-refractivity contribution in [3.63, 3.8) is 0 Å². The van der Waals surface area contributed by atoms with Gasteiger partial charge in [-0.2, -0.15) is 0 Å². The zero-order chi connectivity index (χ0) is 14.2. The number of likely N-dealkylation sites (tertiary alicyclic amines) is 1. The lowest BCUT2D eigenvalue weighted by Gasteiger charge is -2.51. The van der Waals surface area contributed by atoms with E-state index in [2.05, 4.69) is 0 Å². The maximum Gasteiger partial charge on any atom is 0.253 e. The molecule has 0 aromatic heterocycles. The molecule has 1 aliphatic carbocycles. The van der Waals surface area contributed by atoms with Crippen LogP contribution >= 0.6 is 0 Å². The molecule has 0 radical (unpaired) electrons. The number of carbonyl (C=O) groups excluding carboxylic acids is 1. The lowest BCUT2D eigenvalue weighted by molar-refractivity contribution is -0.0841. The fourth-order valence-corrected chi connectivity index (χ4v) is 3.47. The maximum atomic E-state index is 13.2. The van der Waals surface area contributed by atoms with E-state index in [1.165, 1.54) is 12.1 Å². The first-order valence-corrected chi connectivity index (χ1v) is 7.20.